The average molecular weight is 1070 g/mol. The predicted octanol–water partition coefficient (Wildman–Crippen LogP) is -4.67. The van der Waals surface area contributed by atoms with Gasteiger partial charge in [-0.05, 0) is 61.1 Å². The zero-order valence-electron chi connectivity index (χ0n) is 40.4. The van der Waals surface area contributed by atoms with Crippen molar-refractivity contribution >= 4 is 96.2 Å². The topological polar surface area (TPSA) is 435 Å². The Hall–Kier alpha value is -7.62. The van der Waals surface area contributed by atoms with Crippen molar-refractivity contribution in [1.29, 1.82) is 5.41 Å². The number of likely N-dealkylation sites (tertiary alicyclic amines) is 1. The van der Waals surface area contributed by atoms with Crippen molar-refractivity contribution in [3.05, 3.63) is 65.7 Å². The van der Waals surface area contributed by atoms with Gasteiger partial charge in [-0.25, -0.2) is 0 Å². The highest BCUT2D eigenvalue weighted by molar-refractivity contribution is 7.80. The number of guanidine groups is 1. The number of benzene rings is 2. The number of carbonyl (C=O) groups excluding carboxylic acids is 11. The minimum absolute atomic E-state index is 0.0268. The maximum Gasteiger partial charge on any atom is 0.246 e. The Kier molecular flexibility index (Phi) is 25.5. The molecule has 1 saturated heterocycles. The molecule has 28 heteroatoms. The van der Waals surface area contributed by atoms with Gasteiger partial charge in [-0.1, -0.05) is 42.5 Å². The van der Waals surface area contributed by atoms with Gasteiger partial charge in [0.05, 0.1) is 13.0 Å². The first-order chi connectivity index (χ1) is 35.1. The van der Waals surface area contributed by atoms with E-state index in [0.717, 1.165) is 0 Å². The molecule has 26 nitrogen and oxygen atoms in total. The van der Waals surface area contributed by atoms with Crippen LogP contribution in [-0.2, 0) is 65.6 Å². The molecule has 2 aromatic rings. The Morgan fingerprint density at radius 2 is 1.18 bits per heavy atom. The Labute approximate surface area is 437 Å². The molecule has 1 heterocycles. The Morgan fingerprint density at radius 3 is 1.76 bits per heavy atom. The fourth-order valence-corrected chi connectivity index (χ4v) is 8.06. The lowest BCUT2D eigenvalue weighted by molar-refractivity contribution is -0.142. The molecule has 0 aromatic heterocycles. The molecular formula is C46H66N14O12S2. The lowest BCUT2D eigenvalue weighted by atomic mass is 10.0. The van der Waals surface area contributed by atoms with E-state index in [-0.39, 0.29) is 74.8 Å². The van der Waals surface area contributed by atoms with Gasteiger partial charge in [0.15, 0.2) is 5.96 Å². The number of thiol groups is 2. The van der Waals surface area contributed by atoms with Gasteiger partial charge in [0, 0.05) is 44.5 Å². The van der Waals surface area contributed by atoms with Gasteiger partial charge < -0.3 is 75.5 Å². The maximum absolute atomic E-state index is 14.2. The summed E-state index contributed by atoms with van der Waals surface area (Å²) in [6, 6.07) is 4.41. The number of carbonyl (C=O) groups is 11. The number of primary amides is 3. The highest BCUT2D eigenvalue weighted by Crippen LogP contribution is 2.20. The van der Waals surface area contributed by atoms with E-state index in [1.807, 2.05) is 0 Å². The van der Waals surface area contributed by atoms with Crippen LogP contribution >= 0.6 is 25.3 Å². The van der Waals surface area contributed by atoms with Crippen LogP contribution in [0.3, 0.4) is 0 Å². The molecule has 0 unspecified atom stereocenters. The van der Waals surface area contributed by atoms with Gasteiger partial charge in [0.1, 0.15) is 48.0 Å². The van der Waals surface area contributed by atoms with Gasteiger partial charge in [-0.15, -0.1) is 0 Å². The number of phenols is 1. The van der Waals surface area contributed by atoms with Crippen molar-refractivity contribution in [2.75, 3.05) is 31.1 Å². The highest BCUT2D eigenvalue weighted by Gasteiger charge is 2.40. The van der Waals surface area contributed by atoms with Crippen molar-refractivity contribution in [2.45, 2.75) is 107 Å². The number of nitrogens with zero attached hydrogens (tertiary/aromatic N) is 1. The zero-order valence-corrected chi connectivity index (χ0v) is 42.2. The molecule has 0 radical (unpaired) electrons. The van der Waals surface area contributed by atoms with E-state index in [4.69, 9.17) is 28.3 Å². The Morgan fingerprint density at radius 1 is 0.622 bits per heavy atom. The number of rotatable bonds is 31. The number of nitrogens with two attached hydrogens (primary N) is 4. The number of phenolic OH excluding ortho intramolecular Hbond substituents is 1. The van der Waals surface area contributed by atoms with E-state index in [1.54, 1.807) is 42.5 Å². The molecule has 74 heavy (non-hydrogen) atoms. The first-order valence-corrected chi connectivity index (χ1v) is 24.7. The second-order valence-electron chi connectivity index (χ2n) is 17.2. The minimum Gasteiger partial charge on any atom is -0.508 e. The summed E-state index contributed by atoms with van der Waals surface area (Å²) in [6.07, 6.45) is -1.23. The number of aromatic hydroxyl groups is 1. The van der Waals surface area contributed by atoms with E-state index in [9.17, 15) is 57.8 Å². The molecule has 11 amide bonds. The maximum atomic E-state index is 14.2. The van der Waals surface area contributed by atoms with Crippen molar-refractivity contribution in [2.24, 2.45) is 22.9 Å². The zero-order chi connectivity index (χ0) is 54.9. The Bertz CT molecular complexity index is 2330. The third kappa shape index (κ3) is 21.2. The predicted molar refractivity (Wildman–Crippen MR) is 274 cm³/mol. The molecule has 0 spiro atoms. The molecule has 7 atom stereocenters. The van der Waals surface area contributed by atoms with Gasteiger partial charge in [-0.3, -0.25) is 58.1 Å². The Balaban J connectivity index is 1.85. The van der Waals surface area contributed by atoms with E-state index in [2.05, 4.69) is 67.8 Å². The normalized spacial score (nSPS) is 15.3. The van der Waals surface area contributed by atoms with Crippen LogP contribution in [-0.4, -0.2) is 154 Å². The molecule has 1 aliphatic rings. The number of nitrogens with one attached hydrogen (secondary N) is 9. The van der Waals surface area contributed by atoms with Crippen LogP contribution in [0.1, 0.15) is 62.5 Å². The summed E-state index contributed by atoms with van der Waals surface area (Å²) in [6.45, 7) is -0.312. The molecule has 3 rings (SSSR count). The first kappa shape index (κ1) is 60.7. The van der Waals surface area contributed by atoms with E-state index >= 15 is 0 Å². The van der Waals surface area contributed by atoms with Crippen molar-refractivity contribution in [1.82, 2.24) is 47.4 Å². The lowest BCUT2D eigenvalue weighted by Crippen LogP contribution is -2.61. The van der Waals surface area contributed by atoms with Crippen LogP contribution in [0.5, 0.6) is 5.75 Å². The summed E-state index contributed by atoms with van der Waals surface area (Å²) in [5, 5.41) is 37.2. The van der Waals surface area contributed by atoms with Gasteiger partial charge >= 0.3 is 0 Å². The van der Waals surface area contributed by atoms with Crippen LogP contribution in [0.15, 0.2) is 54.6 Å². The fraction of sp³-hybridized carbons (Fsp3) is 0.478. The third-order valence-corrected chi connectivity index (χ3v) is 11.9. The van der Waals surface area contributed by atoms with Crippen LogP contribution in [0.25, 0.3) is 0 Å². The summed E-state index contributed by atoms with van der Waals surface area (Å²) >= 11 is 8.33. The summed E-state index contributed by atoms with van der Waals surface area (Å²) in [4.78, 5) is 146. The SMILES string of the molecule is N=C(N)NCCC[C@@H](NC(=O)[C@@H]1CCCN1C(=O)[C@H](CS)NC(=O)[C@H](CC(N)=O)NC(=O)[C@H](CCC(N)=O)NC(=O)[C@H](Cc1ccccc1)NC(=O)[C@H](Cc1ccc(O)cc1)NC(=O)CCS)C(=O)NCC(N)=O. The molecule has 0 aliphatic carbocycles. The smallest absolute Gasteiger partial charge is 0.246 e. The van der Waals surface area contributed by atoms with Crippen LogP contribution < -0.4 is 65.5 Å². The summed E-state index contributed by atoms with van der Waals surface area (Å²) in [5.74, 6) is -10.1. The molecule has 2 aromatic carbocycles. The third-order valence-electron chi connectivity index (χ3n) is 11.3. The number of hydrogen-bond donors (Lipinski definition) is 16. The largest absolute Gasteiger partial charge is 0.508 e. The van der Waals surface area contributed by atoms with Crippen LogP contribution in [0.4, 0.5) is 0 Å². The summed E-state index contributed by atoms with van der Waals surface area (Å²) < 4.78 is 0. The second-order valence-corrected chi connectivity index (χ2v) is 18.0. The van der Waals surface area contributed by atoms with Crippen LogP contribution in [0.2, 0.25) is 0 Å². The molecule has 18 N–H and O–H groups in total. The number of amides is 11. The number of hydrogen-bond acceptors (Lipinski definition) is 15. The molecule has 1 fully saturated rings. The van der Waals surface area contributed by atoms with Crippen molar-refractivity contribution < 1.29 is 57.8 Å². The first-order valence-electron chi connectivity index (χ1n) is 23.5. The quantitative estimate of drug-likeness (QED) is 0.0146. The standard InChI is InChI=1S/C46H66N14O12S2/c47-35(62)15-14-29(55-42(69)31(20-25-6-2-1-3-7-25)57-41(68)30(54-38(65)16-19-73)21-26-10-12-27(61)13-11-26)40(67)58-32(22-36(48)63)43(70)59-33(24-74)45(72)60-18-5-9-34(60)44(71)56-28(8-4-17-52-46(50)51)39(66)53-23-37(49)64/h1-3,6-7,10-13,28-34,61,73-74H,4-5,8-9,14-24H2,(H2,47,62)(H2,48,63)(H2,49,64)(H,53,66)(H,54,65)(H,55,69)(H,56,71)(H,57,68)(H,58,67)(H,59,70)(H4,50,51,52)/t28-,29+,30+,31+,32+,33+,34+/m1/s1. The van der Waals surface area contributed by atoms with Crippen LogP contribution in [0, 0.1) is 5.41 Å². The van der Waals surface area contributed by atoms with E-state index in [1.165, 1.54) is 17.0 Å². The summed E-state index contributed by atoms with van der Waals surface area (Å²) in [7, 11) is 0. The van der Waals surface area contributed by atoms with Gasteiger partial charge in [-0.2, -0.15) is 25.3 Å². The van der Waals surface area contributed by atoms with E-state index < -0.39 is 133 Å². The average Bonchev–Trinajstić information content (AvgIpc) is 3.85. The van der Waals surface area contributed by atoms with Gasteiger partial charge in [0.25, 0.3) is 0 Å². The van der Waals surface area contributed by atoms with Crippen molar-refractivity contribution in [3.8, 4) is 5.75 Å². The molecule has 0 saturated carbocycles. The van der Waals surface area contributed by atoms with Crippen molar-refractivity contribution in [3.63, 3.8) is 0 Å². The monoisotopic (exact) mass is 1070 g/mol. The summed E-state index contributed by atoms with van der Waals surface area (Å²) in [5.41, 5.74) is 22.5. The fourth-order valence-electron chi connectivity index (χ4n) is 7.61. The highest BCUT2D eigenvalue weighted by atomic mass is 32.1. The molecule has 0 bridgehead atoms. The molecule has 404 valence electrons. The van der Waals surface area contributed by atoms with Gasteiger partial charge in [0.2, 0.25) is 65.0 Å². The lowest BCUT2D eigenvalue weighted by Gasteiger charge is -2.30. The van der Waals surface area contributed by atoms with E-state index in [0.29, 0.717) is 17.5 Å². The second kappa shape index (κ2) is 31.1. The molecule has 1 aliphatic heterocycles. The molecular weight excluding hydrogens is 1000 g/mol. The minimum atomic E-state index is -1.79.